The molecular weight excluding hydrogens is 672 g/mol. The number of allylic oxidation sites excluding steroid dienone is 1. The highest BCUT2D eigenvalue weighted by atomic mass is 16.5. The Morgan fingerprint density at radius 1 is 0.736 bits per heavy atom. The van der Waals surface area contributed by atoms with Crippen molar-refractivity contribution in [3.63, 3.8) is 0 Å². The van der Waals surface area contributed by atoms with Gasteiger partial charge in [0.2, 0.25) is 11.8 Å². The number of benzene rings is 4. The number of hydrogen-bond donors (Lipinski definition) is 2. The Hall–Kier alpha value is -5.45. The second-order valence-electron chi connectivity index (χ2n) is 13.0. The van der Waals surface area contributed by atoms with Gasteiger partial charge in [0.05, 0.1) is 13.2 Å². The van der Waals surface area contributed by atoms with Crippen LogP contribution in [0.25, 0.3) is 11.1 Å². The number of phenols is 1. The lowest BCUT2D eigenvalue weighted by atomic mass is 9.88. The molecule has 0 radical (unpaired) electrons. The van der Waals surface area contributed by atoms with Gasteiger partial charge in [0.25, 0.3) is 5.91 Å². The molecule has 3 amide bonds. The fourth-order valence-electron chi connectivity index (χ4n) is 6.70. The molecule has 2 heterocycles. The fraction of sp³-hybridized carbons (Fsp3) is 0.326. The summed E-state index contributed by atoms with van der Waals surface area (Å²) in [7, 11) is 0. The van der Waals surface area contributed by atoms with Crippen LogP contribution in [0.1, 0.15) is 71.6 Å². The van der Waals surface area contributed by atoms with Crippen LogP contribution in [-0.2, 0) is 25.6 Å². The van der Waals surface area contributed by atoms with E-state index in [4.69, 9.17) is 18.9 Å². The van der Waals surface area contributed by atoms with Gasteiger partial charge in [0.15, 0.2) is 0 Å². The molecule has 2 aliphatic heterocycles. The summed E-state index contributed by atoms with van der Waals surface area (Å²) in [5, 5.41) is 12.2. The number of nitrogens with zero attached hydrogens (tertiary/aromatic N) is 1. The molecule has 10 heteroatoms. The topological polar surface area (TPSA) is 124 Å². The molecule has 276 valence electrons. The van der Waals surface area contributed by atoms with Crippen LogP contribution in [0.3, 0.4) is 0 Å². The molecule has 2 N–H and O–H groups in total. The first kappa shape index (κ1) is 37.3. The van der Waals surface area contributed by atoms with Crippen molar-refractivity contribution in [1.82, 2.24) is 10.2 Å². The lowest BCUT2D eigenvalue weighted by Gasteiger charge is -2.29. The molecule has 0 spiro atoms. The predicted molar refractivity (Wildman–Crippen MR) is 202 cm³/mol. The molecule has 2 aliphatic rings. The average molecular weight is 719 g/mol. The van der Waals surface area contributed by atoms with Crippen molar-refractivity contribution in [1.29, 1.82) is 0 Å². The second kappa shape index (κ2) is 18.3. The molecule has 0 aliphatic carbocycles. The first-order chi connectivity index (χ1) is 25.9. The fourth-order valence-corrected chi connectivity index (χ4v) is 6.70. The molecule has 1 fully saturated rings. The number of phenolic OH excluding ortho intramolecular Hbond substituents is 1. The van der Waals surface area contributed by atoms with Gasteiger partial charge in [-0.05, 0) is 95.1 Å². The summed E-state index contributed by atoms with van der Waals surface area (Å²) in [4.78, 5) is 38.2. The highest BCUT2D eigenvalue weighted by Crippen LogP contribution is 2.36. The van der Waals surface area contributed by atoms with Crippen LogP contribution in [0.15, 0.2) is 97.1 Å². The number of imide groups is 1. The Labute approximate surface area is 310 Å². The third-order valence-electron chi connectivity index (χ3n) is 9.35. The predicted octanol–water partition coefficient (Wildman–Crippen LogP) is 6.79. The lowest BCUT2D eigenvalue weighted by molar-refractivity contribution is -0.136. The van der Waals surface area contributed by atoms with E-state index in [2.05, 4.69) is 48.6 Å². The maximum Gasteiger partial charge on any atom is 0.255 e. The summed E-state index contributed by atoms with van der Waals surface area (Å²) in [6, 6.07) is 30.6. The average Bonchev–Trinajstić information content (AvgIpc) is 3.50. The van der Waals surface area contributed by atoms with Gasteiger partial charge in [-0.1, -0.05) is 61.5 Å². The van der Waals surface area contributed by atoms with E-state index in [0.29, 0.717) is 70.3 Å². The van der Waals surface area contributed by atoms with Crippen molar-refractivity contribution in [3.8, 4) is 17.2 Å². The summed E-state index contributed by atoms with van der Waals surface area (Å²) in [6.07, 6.45) is 2.90. The maximum atomic E-state index is 12.9. The zero-order chi connectivity index (χ0) is 37.0. The smallest absolute Gasteiger partial charge is 0.255 e. The van der Waals surface area contributed by atoms with E-state index < -0.39 is 11.9 Å². The van der Waals surface area contributed by atoms with E-state index in [1.54, 1.807) is 24.3 Å². The minimum atomic E-state index is -0.632. The Morgan fingerprint density at radius 3 is 2.08 bits per heavy atom. The summed E-state index contributed by atoms with van der Waals surface area (Å²) in [5.41, 5.74) is 7.02. The maximum absolute atomic E-state index is 12.9. The van der Waals surface area contributed by atoms with E-state index in [9.17, 15) is 19.5 Å². The quantitative estimate of drug-likeness (QED) is 0.0655. The molecule has 4 aromatic carbocycles. The van der Waals surface area contributed by atoms with Gasteiger partial charge in [-0.15, -0.1) is 0 Å². The number of aromatic hydroxyl groups is 1. The monoisotopic (exact) mass is 718 g/mol. The zero-order valence-electron chi connectivity index (χ0n) is 30.1. The number of ether oxygens (including phenoxy) is 4. The number of rotatable bonds is 18. The Morgan fingerprint density at radius 2 is 1.38 bits per heavy atom. The summed E-state index contributed by atoms with van der Waals surface area (Å²) >= 11 is 0. The van der Waals surface area contributed by atoms with Gasteiger partial charge in [0, 0.05) is 44.8 Å². The summed E-state index contributed by atoms with van der Waals surface area (Å²) < 4.78 is 23.3. The van der Waals surface area contributed by atoms with Crippen molar-refractivity contribution >= 4 is 28.9 Å². The van der Waals surface area contributed by atoms with Crippen LogP contribution in [0, 0.1) is 0 Å². The largest absolute Gasteiger partial charge is 0.508 e. The third kappa shape index (κ3) is 9.71. The molecule has 0 aromatic heterocycles. The van der Waals surface area contributed by atoms with Gasteiger partial charge < -0.3 is 29.0 Å². The van der Waals surface area contributed by atoms with Gasteiger partial charge in [-0.25, -0.2) is 0 Å². The van der Waals surface area contributed by atoms with Crippen LogP contribution in [0.2, 0.25) is 0 Å². The van der Waals surface area contributed by atoms with Gasteiger partial charge in [-0.2, -0.15) is 0 Å². The van der Waals surface area contributed by atoms with Gasteiger partial charge in [-0.3, -0.25) is 19.7 Å². The molecule has 4 aromatic rings. The van der Waals surface area contributed by atoms with Crippen molar-refractivity contribution in [2.24, 2.45) is 0 Å². The molecule has 6 rings (SSSR count). The highest BCUT2D eigenvalue weighted by molar-refractivity contribution is 6.05. The number of amides is 3. The van der Waals surface area contributed by atoms with E-state index in [1.807, 2.05) is 36.4 Å². The van der Waals surface area contributed by atoms with Crippen LogP contribution >= 0.6 is 0 Å². The molecule has 53 heavy (non-hydrogen) atoms. The van der Waals surface area contributed by atoms with E-state index >= 15 is 0 Å². The molecule has 1 atom stereocenters. The summed E-state index contributed by atoms with van der Waals surface area (Å²) in [6.45, 7) is 5.57. The van der Waals surface area contributed by atoms with Crippen molar-refractivity contribution in [2.45, 2.75) is 51.6 Å². The van der Waals surface area contributed by atoms with Gasteiger partial charge in [0.1, 0.15) is 29.9 Å². The Balaban J connectivity index is 0.855. The standard InChI is InChI=1S/C43H46N2O8/c1-2-37(30-8-4-3-5-9-30)41(31-10-14-34(46)15-11-31)32-12-16-35(17-13-32)53-27-26-51-23-6-22-50-24-7-25-52-36-18-19-38-33(28-36)29-45(43(38)49)39-20-21-40(47)44-42(39)48/h3-5,8-19,28,39,46H,2,6-7,20-27,29H2,1H3,(H,44,47,48)/b41-37-. The van der Waals surface area contributed by atoms with Crippen molar-refractivity contribution in [2.75, 3.05) is 39.6 Å². The number of piperidine rings is 1. The molecular formula is C43H46N2O8. The van der Waals surface area contributed by atoms with E-state index in [-0.39, 0.29) is 24.0 Å². The van der Waals surface area contributed by atoms with Crippen molar-refractivity contribution < 1.29 is 38.4 Å². The molecule has 10 nitrogen and oxygen atoms in total. The summed E-state index contributed by atoms with van der Waals surface area (Å²) in [5.74, 6) is 0.758. The van der Waals surface area contributed by atoms with Crippen LogP contribution < -0.4 is 14.8 Å². The van der Waals surface area contributed by atoms with Crippen LogP contribution in [0.5, 0.6) is 17.2 Å². The first-order valence-corrected chi connectivity index (χ1v) is 18.3. The minimum absolute atomic E-state index is 0.198. The number of nitrogens with one attached hydrogen (secondary N) is 1. The minimum Gasteiger partial charge on any atom is -0.508 e. The van der Waals surface area contributed by atoms with E-state index in [0.717, 1.165) is 40.9 Å². The number of fused-ring (bicyclic) bond motifs is 1. The lowest BCUT2D eigenvalue weighted by Crippen LogP contribution is -2.52. The molecule has 0 saturated carbocycles. The molecule has 1 saturated heterocycles. The van der Waals surface area contributed by atoms with Crippen LogP contribution in [0.4, 0.5) is 0 Å². The Kier molecular flexibility index (Phi) is 12.9. The van der Waals surface area contributed by atoms with Crippen LogP contribution in [-0.4, -0.2) is 73.4 Å². The Bertz CT molecular complexity index is 1890. The SMILES string of the molecule is CC/C(=C(\c1ccc(O)cc1)c1ccc(OCCOCCCOCCCOc2ccc3c(c2)CN(C2CCC(=O)NC2=O)C3=O)cc1)c1ccccc1. The first-order valence-electron chi connectivity index (χ1n) is 18.3. The highest BCUT2D eigenvalue weighted by Gasteiger charge is 2.39. The third-order valence-corrected chi connectivity index (χ3v) is 9.35. The molecule has 0 bridgehead atoms. The molecule has 1 unspecified atom stereocenters. The zero-order valence-corrected chi connectivity index (χ0v) is 30.1. The van der Waals surface area contributed by atoms with Crippen molar-refractivity contribution in [3.05, 3.63) is 125 Å². The van der Waals surface area contributed by atoms with E-state index in [1.165, 1.54) is 16.0 Å². The van der Waals surface area contributed by atoms with Gasteiger partial charge >= 0.3 is 0 Å². The number of hydrogen-bond acceptors (Lipinski definition) is 8. The normalized spacial score (nSPS) is 15.9. The number of carbonyl (C=O) groups is 3. The number of carbonyl (C=O) groups excluding carboxylic acids is 3. The second-order valence-corrected chi connectivity index (χ2v) is 13.0.